The highest BCUT2D eigenvalue weighted by atomic mass is 35.5. The van der Waals surface area contributed by atoms with Crippen molar-refractivity contribution in [2.75, 3.05) is 11.9 Å². The molecule has 1 aliphatic rings. The second-order valence-electron chi connectivity index (χ2n) is 8.95. The van der Waals surface area contributed by atoms with Crippen LogP contribution in [0.25, 0.3) is 0 Å². The molecule has 0 aromatic heterocycles. The van der Waals surface area contributed by atoms with E-state index >= 15 is 0 Å². The maximum atomic E-state index is 12.8. The molecule has 0 unspecified atom stereocenters. The topological polar surface area (TPSA) is 125 Å². The van der Waals surface area contributed by atoms with E-state index in [1.54, 1.807) is 39.0 Å². The zero-order chi connectivity index (χ0) is 26.8. The van der Waals surface area contributed by atoms with Gasteiger partial charge >= 0.3 is 0 Å². The van der Waals surface area contributed by atoms with Crippen LogP contribution in [0, 0.1) is 5.92 Å². The van der Waals surface area contributed by atoms with Crippen molar-refractivity contribution in [1.82, 2.24) is 15.5 Å². The lowest BCUT2D eigenvalue weighted by molar-refractivity contribution is -0.137. The van der Waals surface area contributed by atoms with Crippen molar-refractivity contribution in [2.45, 2.75) is 64.3 Å². The molecule has 9 nitrogen and oxygen atoms in total. The molecule has 1 aromatic carbocycles. The van der Waals surface area contributed by atoms with Gasteiger partial charge in [0.25, 0.3) is 11.8 Å². The van der Waals surface area contributed by atoms with Crippen LogP contribution in [0.15, 0.2) is 30.4 Å². The molecule has 3 N–H and O–H groups in total. The number of carbonyl (C=O) groups excluding carboxylic acids is 5. The summed E-state index contributed by atoms with van der Waals surface area (Å²) in [6.07, 6.45) is 4.49. The highest BCUT2D eigenvalue weighted by Crippen LogP contribution is 2.22. The molecule has 11 heteroatoms. The Kier molecular flexibility index (Phi) is 11.5. The molecule has 5 amide bonds. The number of amides is 5. The molecule has 2 atom stereocenters. The summed E-state index contributed by atoms with van der Waals surface area (Å²) in [7, 11) is 0. The van der Waals surface area contributed by atoms with Crippen LogP contribution < -0.4 is 16.0 Å². The minimum Gasteiger partial charge on any atom is -0.344 e. The fourth-order valence-corrected chi connectivity index (χ4v) is 4.15. The monoisotopic (exact) mass is 536 g/mol. The van der Waals surface area contributed by atoms with Crippen molar-refractivity contribution in [1.29, 1.82) is 0 Å². The number of unbranched alkanes of at least 4 members (excludes halogenated alkanes) is 2. The number of benzene rings is 1. The number of thiol groups is 1. The van der Waals surface area contributed by atoms with Gasteiger partial charge in [0, 0.05) is 41.6 Å². The summed E-state index contributed by atoms with van der Waals surface area (Å²) in [5, 5.41) is 8.59. The Hall–Kier alpha value is -2.85. The first kappa shape index (κ1) is 29.4. The Morgan fingerprint density at radius 1 is 0.972 bits per heavy atom. The second kappa shape index (κ2) is 14.0. The van der Waals surface area contributed by atoms with Crippen molar-refractivity contribution >= 4 is 59.5 Å². The third kappa shape index (κ3) is 8.67. The molecule has 0 aliphatic carbocycles. The van der Waals surface area contributed by atoms with E-state index in [1.165, 1.54) is 17.1 Å². The summed E-state index contributed by atoms with van der Waals surface area (Å²) in [5.41, 5.74) is 1.34. The molecule has 0 saturated carbocycles. The van der Waals surface area contributed by atoms with E-state index in [9.17, 15) is 24.0 Å². The molecule has 1 aliphatic heterocycles. The highest BCUT2D eigenvalue weighted by molar-refractivity contribution is 7.79. The number of imide groups is 1. The number of nitrogens with one attached hydrogen (secondary N) is 3. The molecule has 1 heterocycles. The number of hydrogen-bond donors (Lipinski definition) is 4. The smallest absolute Gasteiger partial charge is 0.253 e. The van der Waals surface area contributed by atoms with E-state index < -0.39 is 23.9 Å². The van der Waals surface area contributed by atoms with Crippen molar-refractivity contribution in [2.24, 2.45) is 5.92 Å². The molecule has 36 heavy (non-hydrogen) atoms. The predicted octanol–water partition coefficient (Wildman–Crippen LogP) is 2.84. The number of carbonyl (C=O) groups is 5. The Bertz CT molecular complexity index is 1010. The van der Waals surface area contributed by atoms with Gasteiger partial charge in [-0.05, 0) is 43.4 Å². The van der Waals surface area contributed by atoms with E-state index in [0.717, 1.165) is 5.56 Å². The highest BCUT2D eigenvalue weighted by Gasteiger charge is 2.27. The van der Waals surface area contributed by atoms with Crippen molar-refractivity contribution in [3.63, 3.8) is 0 Å². The minimum absolute atomic E-state index is 0.198. The van der Waals surface area contributed by atoms with Gasteiger partial charge in [-0.1, -0.05) is 37.9 Å². The summed E-state index contributed by atoms with van der Waals surface area (Å²) in [6, 6.07) is 3.45. The Balaban J connectivity index is 1.78. The third-order valence-electron chi connectivity index (χ3n) is 5.69. The fourth-order valence-electron chi connectivity index (χ4n) is 3.54. The Labute approximate surface area is 221 Å². The zero-order valence-corrected chi connectivity index (χ0v) is 22.3. The molecular weight excluding hydrogens is 504 g/mol. The van der Waals surface area contributed by atoms with Gasteiger partial charge in [0.05, 0.1) is 0 Å². The van der Waals surface area contributed by atoms with Gasteiger partial charge in [0.1, 0.15) is 12.1 Å². The van der Waals surface area contributed by atoms with Crippen LogP contribution in [0.3, 0.4) is 0 Å². The lowest BCUT2D eigenvalue weighted by atomic mass is 10.0. The number of rotatable bonds is 13. The predicted molar refractivity (Wildman–Crippen MR) is 141 cm³/mol. The van der Waals surface area contributed by atoms with Gasteiger partial charge in [-0.25, -0.2) is 0 Å². The van der Waals surface area contributed by atoms with Crippen molar-refractivity contribution < 1.29 is 24.0 Å². The molecule has 0 saturated heterocycles. The summed E-state index contributed by atoms with van der Waals surface area (Å²) in [4.78, 5) is 62.0. The van der Waals surface area contributed by atoms with E-state index in [4.69, 9.17) is 11.6 Å². The summed E-state index contributed by atoms with van der Waals surface area (Å²) >= 11 is 10.3. The molecule has 1 aromatic rings. The first-order chi connectivity index (χ1) is 17.0. The van der Waals surface area contributed by atoms with Crippen LogP contribution in [0.2, 0.25) is 5.02 Å². The van der Waals surface area contributed by atoms with Crippen LogP contribution >= 0.6 is 24.2 Å². The average molecular weight is 537 g/mol. The van der Waals surface area contributed by atoms with Crippen LogP contribution in [0.5, 0.6) is 0 Å². The van der Waals surface area contributed by atoms with Crippen LogP contribution in [-0.4, -0.2) is 53.1 Å². The van der Waals surface area contributed by atoms with E-state index in [0.29, 0.717) is 42.3 Å². The maximum absolute atomic E-state index is 12.8. The largest absolute Gasteiger partial charge is 0.344 e. The second-order valence-corrected chi connectivity index (χ2v) is 9.67. The zero-order valence-electron chi connectivity index (χ0n) is 20.7. The molecule has 0 spiro atoms. The van der Waals surface area contributed by atoms with Crippen LogP contribution in [0.4, 0.5) is 5.69 Å². The number of nitrogens with zero attached hydrogens (tertiary/aromatic N) is 1. The molecule has 196 valence electrons. The first-order valence-corrected chi connectivity index (χ1v) is 12.9. The molecule has 0 bridgehead atoms. The van der Waals surface area contributed by atoms with Crippen LogP contribution in [0.1, 0.15) is 52.0 Å². The first-order valence-electron chi connectivity index (χ1n) is 11.9. The standard InChI is InChI=1S/C25H33ClN4O5S/c1-15(2)23(29-20(31)7-5-4-6-12-30-21(32)10-11-22(30)33)25(35)27-16(3)24(34)28-18-9-8-17(14-36)19(26)13-18/h8-11,13,15-16,23,36H,4-7,12,14H2,1-3H3,(H,27,35)(H,28,34)(H,29,31)/t16-,23-/m0/s1. The lowest BCUT2D eigenvalue weighted by Crippen LogP contribution is -2.53. The number of hydrogen-bond acceptors (Lipinski definition) is 6. The van der Waals surface area contributed by atoms with E-state index in [2.05, 4.69) is 28.6 Å². The van der Waals surface area contributed by atoms with Gasteiger partial charge in [0.15, 0.2) is 0 Å². The molecule has 0 radical (unpaired) electrons. The quantitative estimate of drug-likeness (QED) is 0.175. The maximum Gasteiger partial charge on any atom is 0.253 e. The van der Waals surface area contributed by atoms with Crippen LogP contribution in [-0.2, 0) is 29.7 Å². The third-order valence-corrected chi connectivity index (χ3v) is 6.39. The fraction of sp³-hybridized carbons (Fsp3) is 0.480. The Morgan fingerprint density at radius 3 is 2.22 bits per heavy atom. The van der Waals surface area contributed by atoms with Gasteiger partial charge in [0.2, 0.25) is 17.7 Å². The summed E-state index contributed by atoms with van der Waals surface area (Å²) < 4.78 is 0. The molecule has 0 fully saturated rings. The van der Waals surface area contributed by atoms with Gasteiger partial charge < -0.3 is 16.0 Å². The molecule has 2 rings (SSSR count). The lowest BCUT2D eigenvalue weighted by Gasteiger charge is -2.24. The number of anilines is 1. The summed E-state index contributed by atoms with van der Waals surface area (Å²) in [6.45, 7) is 5.48. The Morgan fingerprint density at radius 2 is 1.64 bits per heavy atom. The minimum atomic E-state index is -0.843. The normalized spacial score (nSPS) is 14.7. The molecular formula is C25H33ClN4O5S. The van der Waals surface area contributed by atoms with Crippen molar-refractivity contribution in [3.05, 3.63) is 40.9 Å². The van der Waals surface area contributed by atoms with E-state index in [-0.39, 0.29) is 30.1 Å². The number of halogens is 1. The van der Waals surface area contributed by atoms with E-state index in [1.807, 2.05) is 0 Å². The summed E-state index contributed by atoms with van der Waals surface area (Å²) in [5.74, 6) is -1.52. The van der Waals surface area contributed by atoms with Crippen molar-refractivity contribution in [3.8, 4) is 0 Å². The van der Waals surface area contributed by atoms with Gasteiger partial charge in [-0.15, -0.1) is 0 Å². The average Bonchev–Trinajstić information content (AvgIpc) is 3.14. The van der Waals surface area contributed by atoms with Gasteiger partial charge in [-0.2, -0.15) is 12.6 Å². The van der Waals surface area contributed by atoms with Gasteiger partial charge in [-0.3, -0.25) is 28.9 Å². The SMILES string of the molecule is CC(C)[C@H](NC(=O)CCCCCN1C(=O)C=CC1=O)C(=O)N[C@@H](C)C(=O)Nc1ccc(CS)c(Cl)c1.